The maximum atomic E-state index is 5.79. The van der Waals surface area contributed by atoms with Gasteiger partial charge in [-0.3, -0.25) is 0 Å². The number of halogens is 1. The van der Waals surface area contributed by atoms with Gasteiger partial charge in [0.05, 0.1) is 40.6 Å². The highest BCUT2D eigenvalue weighted by molar-refractivity contribution is 14.0. The molecule has 1 fully saturated rings. The molecule has 9 heteroatoms. The van der Waals surface area contributed by atoms with Crippen LogP contribution in [0.1, 0.15) is 12.5 Å². The number of aliphatic imine (C=N–C) groups is 1. The summed E-state index contributed by atoms with van der Waals surface area (Å²) in [4.78, 5) is 6.94. The molecule has 28 heavy (non-hydrogen) atoms. The number of morpholine rings is 1. The van der Waals surface area contributed by atoms with E-state index in [1.165, 1.54) is 0 Å². The third-order valence-corrected chi connectivity index (χ3v) is 4.33. The van der Waals surface area contributed by atoms with Crippen molar-refractivity contribution in [3.05, 3.63) is 17.7 Å². The molecule has 0 aromatic heterocycles. The maximum Gasteiger partial charge on any atom is 0.203 e. The molecule has 0 aliphatic carbocycles. The van der Waals surface area contributed by atoms with Crippen LogP contribution >= 0.6 is 24.0 Å². The van der Waals surface area contributed by atoms with Crippen LogP contribution < -0.4 is 24.8 Å². The summed E-state index contributed by atoms with van der Waals surface area (Å²) in [6.07, 6.45) is 0.161. The Hall–Kier alpha value is -1.46. The lowest BCUT2D eigenvalue weighted by molar-refractivity contribution is -0.0161. The zero-order valence-electron chi connectivity index (χ0n) is 17.4. The standard InChI is InChI=1S/C19H32N4O4.HI/c1-6-20-19(22-12-15-13-23(2)7-8-27-15)21-11-14-9-16(24-3)18(26-5)17(10-14)25-4;/h9-10,15H,6-8,11-13H2,1-5H3,(H2,20,21,22);1H. The monoisotopic (exact) mass is 508 g/mol. The lowest BCUT2D eigenvalue weighted by Gasteiger charge is -2.30. The highest BCUT2D eigenvalue weighted by Crippen LogP contribution is 2.38. The summed E-state index contributed by atoms with van der Waals surface area (Å²) in [6.45, 7) is 6.68. The third-order valence-electron chi connectivity index (χ3n) is 4.33. The predicted octanol–water partition coefficient (Wildman–Crippen LogP) is 1.72. The summed E-state index contributed by atoms with van der Waals surface area (Å²) < 4.78 is 22.0. The van der Waals surface area contributed by atoms with Gasteiger partial charge in [-0.15, -0.1) is 24.0 Å². The Kier molecular flexibility index (Phi) is 11.3. The van der Waals surface area contributed by atoms with Crippen LogP contribution in [-0.4, -0.2) is 78.1 Å². The predicted molar refractivity (Wildman–Crippen MR) is 122 cm³/mol. The molecule has 160 valence electrons. The number of nitrogens with zero attached hydrogens (tertiary/aromatic N) is 2. The van der Waals surface area contributed by atoms with Crippen LogP contribution in [0.15, 0.2) is 17.1 Å². The van der Waals surface area contributed by atoms with Crippen LogP contribution in [0.4, 0.5) is 0 Å². The molecule has 0 radical (unpaired) electrons. The second-order valence-electron chi connectivity index (χ2n) is 6.36. The number of methoxy groups -OCH3 is 3. The molecule has 0 spiro atoms. The molecule has 0 saturated carbocycles. The maximum absolute atomic E-state index is 5.79. The molecule has 2 rings (SSSR count). The highest BCUT2D eigenvalue weighted by atomic mass is 127. The van der Waals surface area contributed by atoms with Crippen molar-refractivity contribution in [2.75, 3.05) is 61.2 Å². The van der Waals surface area contributed by atoms with Crippen molar-refractivity contribution < 1.29 is 18.9 Å². The first kappa shape index (κ1) is 24.6. The van der Waals surface area contributed by atoms with Gasteiger partial charge in [-0.2, -0.15) is 0 Å². The summed E-state index contributed by atoms with van der Waals surface area (Å²) in [5.74, 6) is 2.58. The van der Waals surface area contributed by atoms with Gasteiger partial charge in [0.15, 0.2) is 17.5 Å². The Morgan fingerprint density at radius 1 is 1.18 bits per heavy atom. The Bertz CT molecular complexity index is 605. The second-order valence-corrected chi connectivity index (χ2v) is 6.36. The largest absolute Gasteiger partial charge is 0.493 e. The Morgan fingerprint density at radius 2 is 1.86 bits per heavy atom. The van der Waals surface area contributed by atoms with E-state index in [1.807, 2.05) is 19.1 Å². The topological polar surface area (TPSA) is 76.6 Å². The molecule has 0 amide bonds. The average Bonchev–Trinajstić information content (AvgIpc) is 2.69. The van der Waals surface area contributed by atoms with Crippen molar-refractivity contribution in [1.29, 1.82) is 0 Å². The fourth-order valence-corrected chi connectivity index (χ4v) is 2.94. The Morgan fingerprint density at radius 3 is 2.39 bits per heavy atom. The molecule has 1 aliphatic rings. The van der Waals surface area contributed by atoms with Crippen LogP contribution in [0.3, 0.4) is 0 Å². The van der Waals surface area contributed by atoms with E-state index in [0.717, 1.165) is 37.8 Å². The smallest absolute Gasteiger partial charge is 0.203 e. The number of benzene rings is 1. The molecule has 1 saturated heterocycles. The molecule has 1 aromatic rings. The van der Waals surface area contributed by atoms with Gasteiger partial charge in [-0.25, -0.2) is 4.99 Å². The number of likely N-dealkylation sites (N-methyl/N-ethyl adjacent to an activating group) is 1. The van der Waals surface area contributed by atoms with Crippen molar-refractivity contribution in [2.45, 2.75) is 19.6 Å². The van der Waals surface area contributed by atoms with Gasteiger partial charge in [-0.1, -0.05) is 0 Å². The molecule has 2 N–H and O–H groups in total. The normalized spacial score (nSPS) is 17.5. The van der Waals surface area contributed by atoms with Crippen LogP contribution in [-0.2, 0) is 11.3 Å². The van der Waals surface area contributed by atoms with Crippen LogP contribution in [0.5, 0.6) is 17.2 Å². The SMILES string of the molecule is CCNC(=NCc1cc(OC)c(OC)c(OC)c1)NCC1CN(C)CCO1.I. The minimum Gasteiger partial charge on any atom is -0.493 e. The van der Waals surface area contributed by atoms with Crippen molar-refractivity contribution in [2.24, 2.45) is 4.99 Å². The number of nitrogens with one attached hydrogen (secondary N) is 2. The van der Waals surface area contributed by atoms with Crippen LogP contribution in [0.25, 0.3) is 0 Å². The van der Waals surface area contributed by atoms with Crippen molar-refractivity contribution in [3.8, 4) is 17.2 Å². The van der Waals surface area contributed by atoms with Gasteiger partial charge in [0.2, 0.25) is 5.75 Å². The minimum absolute atomic E-state index is 0. The average molecular weight is 508 g/mol. The van der Waals surface area contributed by atoms with Gasteiger partial charge >= 0.3 is 0 Å². The fraction of sp³-hybridized carbons (Fsp3) is 0.632. The summed E-state index contributed by atoms with van der Waals surface area (Å²) in [5, 5.41) is 6.63. The summed E-state index contributed by atoms with van der Waals surface area (Å²) in [6, 6.07) is 3.82. The van der Waals surface area contributed by atoms with E-state index in [4.69, 9.17) is 18.9 Å². The molecule has 1 atom stereocenters. The van der Waals surface area contributed by atoms with Gasteiger partial charge in [0.25, 0.3) is 0 Å². The van der Waals surface area contributed by atoms with Crippen molar-refractivity contribution >= 4 is 29.9 Å². The highest BCUT2D eigenvalue weighted by Gasteiger charge is 2.18. The first-order valence-electron chi connectivity index (χ1n) is 9.22. The number of guanidine groups is 1. The van der Waals surface area contributed by atoms with E-state index in [1.54, 1.807) is 21.3 Å². The van der Waals surface area contributed by atoms with Gasteiger partial charge in [0, 0.05) is 26.2 Å². The van der Waals surface area contributed by atoms with Crippen LogP contribution in [0.2, 0.25) is 0 Å². The molecule has 1 unspecified atom stereocenters. The van der Waals surface area contributed by atoms with E-state index in [2.05, 4.69) is 27.6 Å². The summed E-state index contributed by atoms with van der Waals surface area (Å²) in [7, 11) is 6.92. The second kappa shape index (κ2) is 12.9. The van der Waals surface area contributed by atoms with Crippen molar-refractivity contribution in [1.82, 2.24) is 15.5 Å². The number of hydrogen-bond acceptors (Lipinski definition) is 6. The van der Waals surface area contributed by atoms with Crippen LogP contribution in [0, 0.1) is 0 Å². The van der Waals surface area contributed by atoms with E-state index < -0.39 is 0 Å². The number of rotatable bonds is 8. The first-order valence-corrected chi connectivity index (χ1v) is 9.22. The lowest BCUT2D eigenvalue weighted by atomic mass is 10.2. The summed E-state index contributed by atoms with van der Waals surface area (Å²) >= 11 is 0. The zero-order valence-corrected chi connectivity index (χ0v) is 19.7. The quantitative estimate of drug-likeness (QED) is 0.315. The fourth-order valence-electron chi connectivity index (χ4n) is 2.94. The Balaban J connectivity index is 0.00000392. The van der Waals surface area contributed by atoms with E-state index >= 15 is 0 Å². The number of hydrogen-bond donors (Lipinski definition) is 2. The molecule has 1 aromatic carbocycles. The Labute approximate surface area is 185 Å². The molecular formula is C19H33IN4O4. The van der Waals surface area contributed by atoms with Crippen molar-refractivity contribution in [3.63, 3.8) is 0 Å². The van der Waals surface area contributed by atoms with E-state index in [9.17, 15) is 0 Å². The third kappa shape index (κ3) is 7.17. The van der Waals surface area contributed by atoms with Gasteiger partial charge < -0.3 is 34.5 Å². The summed E-state index contributed by atoms with van der Waals surface area (Å²) in [5.41, 5.74) is 0.968. The number of ether oxygens (including phenoxy) is 4. The zero-order chi connectivity index (χ0) is 19.6. The van der Waals surface area contributed by atoms with E-state index in [0.29, 0.717) is 30.3 Å². The molecule has 1 aliphatic heterocycles. The molecule has 1 heterocycles. The molecule has 8 nitrogen and oxygen atoms in total. The molecule has 0 bridgehead atoms. The van der Waals surface area contributed by atoms with Gasteiger partial charge in [-0.05, 0) is 31.7 Å². The molecular weight excluding hydrogens is 475 g/mol. The minimum atomic E-state index is 0. The van der Waals surface area contributed by atoms with Gasteiger partial charge in [0.1, 0.15) is 0 Å². The first-order chi connectivity index (χ1) is 13.1. The van der Waals surface area contributed by atoms with E-state index in [-0.39, 0.29) is 30.1 Å². The lowest BCUT2D eigenvalue weighted by Crippen LogP contribution is -2.48.